The lowest BCUT2D eigenvalue weighted by Gasteiger charge is -2.41. The maximum atomic E-state index is 11.8. The molecule has 1 fully saturated rings. The van der Waals surface area contributed by atoms with E-state index in [-0.39, 0.29) is 18.4 Å². The summed E-state index contributed by atoms with van der Waals surface area (Å²) in [7, 11) is 1.56. The van der Waals surface area contributed by atoms with Crippen molar-refractivity contribution in [2.45, 2.75) is 19.4 Å². The first-order valence-corrected chi connectivity index (χ1v) is 5.55. The Labute approximate surface area is 106 Å². The van der Waals surface area contributed by atoms with Crippen molar-refractivity contribution in [2.24, 2.45) is 10.8 Å². The Kier molecular flexibility index (Phi) is 4.62. The highest BCUT2D eigenvalue weighted by molar-refractivity contribution is 6.06. The second-order valence-corrected chi connectivity index (χ2v) is 4.36. The molecule has 1 aliphatic rings. The van der Waals surface area contributed by atoms with Gasteiger partial charge in [-0.05, 0) is 13.8 Å². The van der Waals surface area contributed by atoms with Crippen molar-refractivity contribution >= 4 is 17.8 Å². The second kappa shape index (κ2) is 5.78. The first kappa shape index (κ1) is 14.4. The first-order chi connectivity index (χ1) is 8.43. The van der Waals surface area contributed by atoms with Gasteiger partial charge in [0, 0.05) is 7.11 Å². The topological polar surface area (TPSA) is 109 Å². The van der Waals surface area contributed by atoms with E-state index in [4.69, 9.17) is 10.6 Å². The number of methoxy groups -OCH3 is 1. The average molecular weight is 257 g/mol. The van der Waals surface area contributed by atoms with Gasteiger partial charge >= 0.3 is 0 Å². The summed E-state index contributed by atoms with van der Waals surface area (Å²) in [6.07, 6.45) is 0. The number of ether oxygens (including phenoxy) is 1. The van der Waals surface area contributed by atoms with Crippen LogP contribution in [-0.2, 0) is 14.3 Å². The monoisotopic (exact) mass is 257 g/mol. The molecule has 102 valence electrons. The van der Waals surface area contributed by atoms with E-state index in [1.165, 1.54) is 4.90 Å². The summed E-state index contributed by atoms with van der Waals surface area (Å²) in [4.78, 5) is 28.9. The van der Waals surface area contributed by atoms with Crippen molar-refractivity contribution in [1.29, 1.82) is 0 Å². The lowest BCUT2D eigenvalue weighted by Crippen LogP contribution is -2.68. The quantitative estimate of drug-likeness (QED) is 0.137. The van der Waals surface area contributed by atoms with E-state index >= 15 is 0 Å². The fourth-order valence-corrected chi connectivity index (χ4v) is 1.57. The molecule has 0 unspecified atom stereocenters. The lowest BCUT2D eigenvalue weighted by molar-refractivity contribution is -0.142. The second-order valence-electron chi connectivity index (χ2n) is 4.36. The molecule has 0 bridgehead atoms. The van der Waals surface area contributed by atoms with Gasteiger partial charge in [-0.3, -0.25) is 20.3 Å². The van der Waals surface area contributed by atoms with Gasteiger partial charge in [0.05, 0.1) is 13.2 Å². The highest BCUT2D eigenvalue weighted by atomic mass is 16.5. The molecule has 2 amide bonds. The van der Waals surface area contributed by atoms with E-state index < -0.39 is 5.54 Å². The number of piperazine rings is 1. The normalized spacial score (nSPS) is 19.8. The number of nitrogens with one attached hydrogen (secondary N) is 2. The number of hydrogen-bond acceptors (Lipinski definition) is 5. The minimum atomic E-state index is -0.897. The highest BCUT2D eigenvalue weighted by Crippen LogP contribution is 2.17. The zero-order valence-corrected chi connectivity index (χ0v) is 10.8. The van der Waals surface area contributed by atoms with Crippen molar-refractivity contribution in [2.75, 3.05) is 26.8 Å². The molecule has 0 radical (unpaired) electrons. The zero-order valence-electron chi connectivity index (χ0n) is 10.8. The average Bonchev–Trinajstić information content (AvgIpc) is 2.30. The number of rotatable bonds is 3. The van der Waals surface area contributed by atoms with Crippen LogP contribution in [0.15, 0.2) is 4.99 Å². The number of nitrogens with two attached hydrogens (primary N) is 1. The maximum absolute atomic E-state index is 11.8. The largest absolute Gasteiger partial charge is 0.383 e. The maximum Gasteiger partial charge on any atom is 0.252 e. The summed E-state index contributed by atoms with van der Waals surface area (Å²) in [5, 5.41) is 2.28. The molecule has 0 aliphatic carbocycles. The summed E-state index contributed by atoms with van der Waals surface area (Å²) in [5.74, 6) is 4.92. The van der Waals surface area contributed by atoms with Gasteiger partial charge in [0.25, 0.3) is 5.91 Å². The Balaban J connectivity index is 2.91. The summed E-state index contributed by atoms with van der Waals surface area (Å²) in [6, 6.07) is 0. The molecule has 8 nitrogen and oxygen atoms in total. The Hall–Kier alpha value is -1.67. The Morgan fingerprint density at radius 2 is 2.28 bits per heavy atom. The van der Waals surface area contributed by atoms with E-state index in [1.807, 2.05) is 0 Å². The van der Waals surface area contributed by atoms with Gasteiger partial charge in [-0.2, -0.15) is 0 Å². The summed E-state index contributed by atoms with van der Waals surface area (Å²) < 4.78 is 4.88. The Morgan fingerprint density at radius 3 is 2.83 bits per heavy atom. The van der Waals surface area contributed by atoms with Gasteiger partial charge in [0.15, 0.2) is 0 Å². The van der Waals surface area contributed by atoms with Crippen LogP contribution in [0.3, 0.4) is 0 Å². The number of carbonyl (C=O) groups excluding carboxylic acids is 2. The number of aliphatic imine (C=N–C) groups is 1. The molecule has 1 aliphatic heterocycles. The molecular formula is C10H19N5O3. The molecule has 0 aromatic carbocycles. The van der Waals surface area contributed by atoms with E-state index in [0.717, 1.165) is 0 Å². The van der Waals surface area contributed by atoms with E-state index in [1.54, 1.807) is 21.0 Å². The summed E-state index contributed by atoms with van der Waals surface area (Å²) in [6.45, 7) is 4.22. The van der Waals surface area contributed by atoms with Crippen molar-refractivity contribution in [3.05, 3.63) is 0 Å². The van der Waals surface area contributed by atoms with Crippen LogP contribution < -0.4 is 16.6 Å². The van der Waals surface area contributed by atoms with Crippen molar-refractivity contribution in [3.63, 3.8) is 0 Å². The van der Waals surface area contributed by atoms with E-state index in [2.05, 4.69) is 15.7 Å². The molecule has 1 rings (SSSR count). The summed E-state index contributed by atoms with van der Waals surface area (Å²) >= 11 is 0. The highest BCUT2D eigenvalue weighted by Gasteiger charge is 2.42. The van der Waals surface area contributed by atoms with Gasteiger partial charge in [-0.15, -0.1) is 0 Å². The molecular weight excluding hydrogens is 238 g/mol. The van der Waals surface area contributed by atoms with Gasteiger partial charge < -0.3 is 9.64 Å². The molecule has 0 atom stereocenters. The van der Waals surface area contributed by atoms with Crippen LogP contribution in [-0.4, -0.2) is 55.0 Å². The molecule has 1 saturated heterocycles. The minimum absolute atomic E-state index is 0.0226. The van der Waals surface area contributed by atoms with Crippen molar-refractivity contribution in [1.82, 2.24) is 15.6 Å². The van der Waals surface area contributed by atoms with Crippen LogP contribution in [0.25, 0.3) is 0 Å². The smallest absolute Gasteiger partial charge is 0.252 e. The van der Waals surface area contributed by atoms with Crippen LogP contribution in [0.4, 0.5) is 0 Å². The number of carbonyl (C=O) groups is 2. The van der Waals surface area contributed by atoms with Gasteiger partial charge in [-0.25, -0.2) is 10.8 Å². The Bertz CT molecular complexity index is 367. The van der Waals surface area contributed by atoms with Crippen molar-refractivity contribution < 1.29 is 14.3 Å². The van der Waals surface area contributed by atoms with Crippen LogP contribution in [0.5, 0.6) is 0 Å². The molecule has 1 heterocycles. The fourth-order valence-electron chi connectivity index (χ4n) is 1.57. The zero-order chi connectivity index (χ0) is 13.8. The molecule has 4 N–H and O–H groups in total. The van der Waals surface area contributed by atoms with Gasteiger partial charge in [0.2, 0.25) is 11.9 Å². The van der Waals surface area contributed by atoms with Gasteiger partial charge in [0.1, 0.15) is 12.1 Å². The number of nitrogens with zero attached hydrogens (tertiary/aromatic N) is 2. The number of hydrazine groups is 1. The molecule has 0 spiro atoms. The predicted octanol–water partition coefficient (Wildman–Crippen LogP) is -1.81. The standard InChI is InChI=1S/C10H19N5O3/c1-10(2)8(17)13-7(16)6-15(10)9(14-11)12-4-5-18-3/h4-6,11H2,1-3H3,(H,12,14)(H,13,16,17). The van der Waals surface area contributed by atoms with E-state index in [0.29, 0.717) is 19.1 Å². The third kappa shape index (κ3) is 2.96. The number of imide groups is 1. The predicted molar refractivity (Wildman–Crippen MR) is 65.4 cm³/mol. The molecule has 0 aromatic rings. The van der Waals surface area contributed by atoms with Gasteiger partial charge in [-0.1, -0.05) is 0 Å². The lowest BCUT2D eigenvalue weighted by atomic mass is 9.99. The number of hydrogen-bond donors (Lipinski definition) is 3. The molecule has 0 aromatic heterocycles. The number of amides is 2. The van der Waals surface area contributed by atoms with Crippen molar-refractivity contribution in [3.8, 4) is 0 Å². The Morgan fingerprint density at radius 1 is 1.61 bits per heavy atom. The van der Waals surface area contributed by atoms with Crippen LogP contribution in [0, 0.1) is 0 Å². The van der Waals surface area contributed by atoms with E-state index in [9.17, 15) is 9.59 Å². The fraction of sp³-hybridized carbons (Fsp3) is 0.700. The first-order valence-electron chi connectivity index (χ1n) is 5.55. The third-order valence-electron chi connectivity index (χ3n) is 2.73. The molecule has 8 heteroatoms. The van der Waals surface area contributed by atoms with Crippen LogP contribution >= 0.6 is 0 Å². The SMILES string of the molecule is COCCN=C(NN)N1CC(=O)NC(=O)C1(C)C. The third-order valence-corrected chi connectivity index (χ3v) is 2.73. The summed E-state index contributed by atoms with van der Waals surface area (Å²) in [5.41, 5.74) is 1.52. The van der Waals surface area contributed by atoms with Crippen LogP contribution in [0.2, 0.25) is 0 Å². The minimum Gasteiger partial charge on any atom is -0.383 e. The molecule has 0 saturated carbocycles. The molecule has 18 heavy (non-hydrogen) atoms. The number of guanidine groups is 1. The van der Waals surface area contributed by atoms with Crippen LogP contribution in [0.1, 0.15) is 13.8 Å².